The highest BCUT2D eigenvalue weighted by Gasteiger charge is 2.33. The minimum absolute atomic E-state index is 0.0479. The fourth-order valence-corrected chi connectivity index (χ4v) is 5.82. The molecule has 2 saturated heterocycles. The lowest BCUT2D eigenvalue weighted by atomic mass is 10.0. The molecule has 0 saturated carbocycles. The number of pyridine rings is 1. The molecule has 2 fully saturated rings. The van der Waals surface area contributed by atoms with Gasteiger partial charge in [0.25, 0.3) is 5.91 Å². The Balaban J connectivity index is 1.55. The van der Waals surface area contributed by atoms with Crippen LogP contribution in [0, 0.1) is 5.82 Å². The average molecular weight is 485 g/mol. The summed E-state index contributed by atoms with van der Waals surface area (Å²) in [5.74, 6) is -0.0287. The number of likely N-dealkylation sites (tertiary alicyclic amines) is 1. The van der Waals surface area contributed by atoms with Crippen molar-refractivity contribution in [2.45, 2.75) is 25.3 Å². The van der Waals surface area contributed by atoms with E-state index in [4.69, 9.17) is 10.5 Å². The number of aromatic nitrogens is 1. The second-order valence-corrected chi connectivity index (χ2v) is 9.94. The zero-order chi connectivity index (χ0) is 24.6. The Labute approximate surface area is 206 Å². The molecule has 36 heavy (non-hydrogen) atoms. The number of carbonyl (C=O) groups is 1. The van der Waals surface area contributed by atoms with Crippen molar-refractivity contribution >= 4 is 33.3 Å². The van der Waals surface area contributed by atoms with Gasteiger partial charge in [0.2, 0.25) is 5.43 Å². The van der Waals surface area contributed by atoms with Crippen LogP contribution in [0.15, 0.2) is 53.5 Å². The summed E-state index contributed by atoms with van der Waals surface area (Å²) in [6, 6.07) is 13.0. The van der Waals surface area contributed by atoms with Crippen LogP contribution in [-0.4, -0.2) is 47.6 Å². The number of rotatable bonds is 2. The van der Waals surface area contributed by atoms with Crippen molar-refractivity contribution in [3.63, 3.8) is 0 Å². The van der Waals surface area contributed by atoms with E-state index in [1.165, 1.54) is 6.07 Å². The van der Waals surface area contributed by atoms with E-state index in [1.54, 1.807) is 11.1 Å². The van der Waals surface area contributed by atoms with Gasteiger partial charge < -0.3 is 24.8 Å². The van der Waals surface area contributed by atoms with Gasteiger partial charge in [0, 0.05) is 38.4 Å². The lowest BCUT2D eigenvalue weighted by Gasteiger charge is -2.29. The molecule has 4 aromatic rings. The molecule has 1 aromatic heterocycles. The van der Waals surface area contributed by atoms with Crippen LogP contribution in [0.2, 0.25) is 0 Å². The third-order valence-corrected chi connectivity index (χ3v) is 7.63. The first kappa shape index (κ1) is 21.4. The Morgan fingerprint density at radius 1 is 1.06 bits per heavy atom. The minimum atomic E-state index is -0.551. The van der Waals surface area contributed by atoms with Gasteiger partial charge in [-0.05, 0) is 48.2 Å². The Bertz CT molecular complexity index is 1640. The Hall–Kier alpha value is -3.91. The van der Waals surface area contributed by atoms with Crippen LogP contribution in [0.4, 0.5) is 10.1 Å². The van der Waals surface area contributed by atoms with Crippen LogP contribution in [-0.2, 0) is 0 Å². The number of halogens is 1. The molecule has 4 heterocycles. The van der Waals surface area contributed by atoms with Crippen molar-refractivity contribution < 1.29 is 13.9 Å². The normalized spacial score (nSPS) is 18.7. The average Bonchev–Trinajstić information content (AvgIpc) is 3.56. The second kappa shape index (κ2) is 7.80. The fourth-order valence-electron chi connectivity index (χ4n) is 5.82. The molecule has 8 heteroatoms. The number of nitrogens with two attached hydrogens (primary N) is 1. The lowest BCUT2D eigenvalue weighted by Crippen LogP contribution is -2.33. The maximum absolute atomic E-state index is 15.7. The highest BCUT2D eigenvalue weighted by molar-refractivity contribution is 6.02. The number of fused-ring (bicyclic) bond motifs is 3. The van der Waals surface area contributed by atoms with Crippen LogP contribution < -0.4 is 20.8 Å². The van der Waals surface area contributed by atoms with Crippen molar-refractivity contribution in [2.24, 2.45) is 5.73 Å². The first-order valence-electron chi connectivity index (χ1n) is 12.4. The van der Waals surface area contributed by atoms with Gasteiger partial charge >= 0.3 is 0 Å². The van der Waals surface area contributed by atoms with E-state index in [-0.39, 0.29) is 22.9 Å². The topological polar surface area (TPSA) is 80.8 Å². The van der Waals surface area contributed by atoms with Gasteiger partial charge in [0.15, 0.2) is 17.3 Å². The maximum Gasteiger partial charge on any atom is 0.259 e. The molecular formula is C28H25FN4O3. The number of nitrogens with zero attached hydrogens (tertiary/aromatic N) is 3. The van der Waals surface area contributed by atoms with Crippen LogP contribution in [0.3, 0.4) is 0 Å². The van der Waals surface area contributed by atoms with Crippen LogP contribution in [0.5, 0.6) is 11.5 Å². The number of benzene rings is 3. The van der Waals surface area contributed by atoms with Crippen LogP contribution in [0.1, 0.15) is 29.6 Å². The fraction of sp³-hybridized carbons (Fsp3) is 0.286. The predicted octanol–water partition coefficient (Wildman–Crippen LogP) is 4.16. The molecule has 7 nitrogen and oxygen atoms in total. The largest absolute Gasteiger partial charge is 0.451 e. The third-order valence-electron chi connectivity index (χ3n) is 7.63. The Morgan fingerprint density at radius 2 is 1.81 bits per heavy atom. The molecule has 1 atom stereocenters. The highest BCUT2D eigenvalue weighted by Crippen LogP contribution is 2.48. The number of hydrogen-bond acceptors (Lipinski definition) is 5. The van der Waals surface area contributed by atoms with Crippen LogP contribution in [0.25, 0.3) is 27.4 Å². The first-order valence-corrected chi connectivity index (χ1v) is 12.4. The smallest absolute Gasteiger partial charge is 0.259 e. The Morgan fingerprint density at radius 3 is 2.53 bits per heavy atom. The number of hydrogen-bond donors (Lipinski definition) is 1. The summed E-state index contributed by atoms with van der Waals surface area (Å²) >= 11 is 0. The van der Waals surface area contributed by atoms with Crippen molar-refractivity contribution in [3.8, 4) is 17.2 Å². The van der Waals surface area contributed by atoms with Crippen molar-refractivity contribution in [3.05, 3.63) is 70.3 Å². The maximum atomic E-state index is 15.7. The van der Waals surface area contributed by atoms with E-state index < -0.39 is 11.2 Å². The summed E-state index contributed by atoms with van der Waals surface area (Å²) in [6.45, 7) is 2.34. The summed E-state index contributed by atoms with van der Waals surface area (Å²) in [5, 5.41) is 2.11. The Kier molecular flexibility index (Phi) is 4.63. The van der Waals surface area contributed by atoms with E-state index in [9.17, 15) is 9.59 Å². The second-order valence-electron chi connectivity index (χ2n) is 9.94. The molecule has 1 amide bonds. The summed E-state index contributed by atoms with van der Waals surface area (Å²) in [4.78, 5) is 30.6. The van der Waals surface area contributed by atoms with E-state index in [0.717, 1.165) is 30.0 Å². The number of ether oxygens (including phenoxy) is 1. The SMILES string of the molecule is NC1CCN(c2c(F)cc3c(=O)c(C(=O)N4CCCC4)cn4c3c2Oc2cc3ccccc3cc2-4)C1. The molecule has 3 aliphatic rings. The van der Waals surface area contributed by atoms with Crippen molar-refractivity contribution in [1.82, 2.24) is 9.47 Å². The van der Waals surface area contributed by atoms with Crippen LogP contribution >= 0.6 is 0 Å². The first-order chi connectivity index (χ1) is 17.5. The lowest BCUT2D eigenvalue weighted by molar-refractivity contribution is 0.0791. The number of amides is 1. The molecule has 182 valence electrons. The van der Waals surface area contributed by atoms with Crippen molar-refractivity contribution in [2.75, 3.05) is 31.1 Å². The molecule has 0 bridgehead atoms. The molecule has 3 aliphatic heterocycles. The predicted molar refractivity (Wildman–Crippen MR) is 137 cm³/mol. The molecule has 3 aromatic carbocycles. The van der Waals surface area contributed by atoms with E-state index in [2.05, 4.69) is 0 Å². The molecule has 0 spiro atoms. The zero-order valence-electron chi connectivity index (χ0n) is 19.7. The minimum Gasteiger partial charge on any atom is -0.451 e. The monoisotopic (exact) mass is 484 g/mol. The summed E-state index contributed by atoms with van der Waals surface area (Å²) in [6.07, 6.45) is 4.18. The highest BCUT2D eigenvalue weighted by atomic mass is 19.1. The summed E-state index contributed by atoms with van der Waals surface area (Å²) in [7, 11) is 0. The van der Waals surface area contributed by atoms with Gasteiger partial charge in [-0.1, -0.05) is 24.3 Å². The van der Waals surface area contributed by atoms with E-state index in [0.29, 0.717) is 54.6 Å². The summed E-state index contributed by atoms with van der Waals surface area (Å²) < 4.78 is 24.0. The molecule has 7 rings (SSSR count). The van der Waals surface area contributed by atoms with Gasteiger partial charge in [0.05, 0.1) is 11.1 Å². The van der Waals surface area contributed by atoms with Gasteiger partial charge in [-0.2, -0.15) is 0 Å². The quantitative estimate of drug-likeness (QED) is 0.407. The molecular weight excluding hydrogens is 459 g/mol. The van der Waals surface area contributed by atoms with Gasteiger partial charge in [0.1, 0.15) is 16.8 Å². The number of carbonyl (C=O) groups excluding carboxylic acids is 1. The zero-order valence-corrected chi connectivity index (χ0v) is 19.7. The third kappa shape index (κ3) is 3.07. The molecule has 0 aliphatic carbocycles. The van der Waals surface area contributed by atoms with E-state index >= 15 is 4.39 Å². The van der Waals surface area contributed by atoms with Gasteiger partial charge in [-0.25, -0.2) is 4.39 Å². The van der Waals surface area contributed by atoms with E-state index in [1.807, 2.05) is 45.9 Å². The van der Waals surface area contributed by atoms with Crippen molar-refractivity contribution in [1.29, 1.82) is 0 Å². The number of anilines is 1. The molecule has 0 radical (unpaired) electrons. The molecule has 1 unspecified atom stereocenters. The standard InChI is InChI=1S/C28H25FN4O3/c29-21-13-19-24-27(25(21)32-10-7-18(30)14-32)36-23-12-17-6-2-1-5-16(17)11-22(23)33(24)15-20(26(19)34)28(35)31-8-3-4-9-31/h1-2,5-6,11-13,15,18H,3-4,7-10,14,30H2. The van der Waals surface area contributed by atoms with Gasteiger partial charge in [-0.15, -0.1) is 0 Å². The summed E-state index contributed by atoms with van der Waals surface area (Å²) in [5.41, 5.74) is 7.19. The molecule has 2 N–H and O–H groups in total. The van der Waals surface area contributed by atoms with Gasteiger partial charge in [-0.3, -0.25) is 9.59 Å².